The van der Waals surface area contributed by atoms with E-state index in [1.807, 2.05) is 36.0 Å². The Balaban J connectivity index is 0.000001000. The molecule has 0 amide bonds. The first-order valence-electron chi connectivity index (χ1n) is 3.15. The number of aromatic nitrogens is 1. The lowest BCUT2D eigenvalue weighted by Gasteiger charge is -1.88. The molecule has 0 fully saturated rings. The summed E-state index contributed by atoms with van der Waals surface area (Å²) in [5, 5.41) is 8.32. The van der Waals surface area contributed by atoms with Gasteiger partial charge in [-0.1, -0.05) is 0 Å². The second-order valence-electron chi connectivity index (χ2n) is 2.21. The molecule has 1 aromatic heterocycles. The Morgan fingerprint density at radius 2 is 2.00 bits per heavy atom. The molecule has 0 aromatic carbocycles. The van der Waals surface area contributed by atoms with Crippen LogP contribution in [0, 0.1) is 18.3 Å². The number of pyridine rings is 1. The number of hydrogen-bond donors (Lipinski definition) is 0. The highest BCUT2D eigenvalue weighted by atomic mass is 79.9. The summed E-state index contributed by atoms with van der Waals surface area (Å²) in [5.74, 6) is 0. The maximum absolute atomic E-state index is 8.32. The molecule has 0 aliphatic rings. The maximum atomic E-state index is 8.32. The summed E-state index contributed by atoms with van der Waals surface area (Å²) in [7, 11) is 0. The van der Waals surface area contributed by atoms with Crippen LogP contribution in [0.15, 0.2) is 24.5 Å². The van der Waals surface area contributed by atoms with Crippen molar-refractivity contribution in [3.8, 4) is 6.07 Å². The molecular formula is C8H9BrN2. The van der Waals surface area contributed by atoms with Gasteiger partial charge >= 0.3 is 0 Å². The van der Waals surface area contributed by atoms with Crippen LogP contribution >= 0.6 is 0 Å². The standard InChI is InChI=1S/C8H9N2.BrH/c1-8-2-5-10(6-3-8)7-4-9;/h2-3,5-6H,7H2,1H3;1H/q+1;/p-1. The molecule has 0 N–H and O–H groups in total. The molecule has 0 bridgehead atoms. The summed E-state index contributed by atoms with van der Waals surface area (Å²) in [5.41, 5.74) is 1.22. The quantitative estimate of drug-likeness (QED) is 0.487. The van der Waals surface area contributed by atoms with Crippen LogP contribution in [0.2, 0.25) is 0 Å². The Hall–Kier alpha value is -0.880. The van der Waals surface area contributed by atoms with E-state index in [2.05, 4.69) is 6.07 Å². The second kappa shape index (κ2) is 4.86. The van der Waals surface area contributed by atoms with Gasteiger partial charge in [0.15, 0.2) is 12.4 Å². The van der Waals surface area contributed by atoms with E-state index >= 15 is 0 Å². The molecule has 0 radical (unpaired) electrons. The molecule has 3 heteroatoms. The van der Waals surface area contributed by atoms with Gasteiger partial charge in [-0.05, 0) is 12.5 Å². The van der Waals surface area contributed by atoms with Gasteiger partial charge in [-0.25, -0.2) is 0 Å². The summed E-state index contributed by atoms with van der Waals surface area (Å²) in [6.45, 7) is 2.46. The minimum absolute atomic E-state index is 0. The predicted molar refractivity (Wildman–Crippen MR) is 37.0 cm³/mol. The van der Waals surface area contributed by atoms with Gasteiger partial charge in [0.2, 0.25) is 6.54 Å². The Labute approximate surface area is 76.9 Å². The molecular weight excluding hydrogens is 204 g/mol. The van der Waals surface area contributed by atoms with E-state index in [1.54, 1.807) is 0 Å². The fraction of sp³-hybridized carbons (Fsp3) is 0.250. The molecule has 11 heavy (non-hydrogen) atoms. The van der Waals surface area contributed by atoms with Crippen molar-refractivity contribution < 1.29 is 21.5 Å². The summed E-state index contributed by atoms with van der Waals surface area (Å²) >= 11 is 0. The maximum Gasteiger partial charge on any atom is 0.233 e. The fourth-order valence-corrected chi connectivity index (χ4v) is 0.719. The van der Waals surface area contributed by atoms with Gasteiger partial charge in [0, 0.05) is 12.1 Å². The van der Waals surface area contributed by atoms with Gasteiger partial charge in [-0.3, -0.25) is 0 Å². The molecule has 1 heterocycles. The second-order valence-corrected chi connectivity index (χ2v) is 2.21. The van der Waals surface area contributed by atoms with E-state index in [9.17, 15) is 0 Å². The molecule has 1 rings (SSSR count). The van der Waals surface area contributed by atoms with Crippen molar-refractivity contribution in [2.24, 2.45) is 0 Å². The zero-order chi connectivity index (χ0) is 7.40. The van der Waals surface area contributed by atoms with Crippen molar-refractivity contribution in [3.05, 3.63) is 30.1 Å². The van der Waals surface area contributed by atoms with Gasteiger partial charge in [0.05, 0.1) is 0 Å². The van der Waals surface area contributed by atoms with Crippen LogP contribution in [0.4, 0.5) is 0 Å². The summed E-state index contributed by atoms with van der Waals surface area (Å²) in [6.07, 6.45) is 3.80. The topological polar surface area (TPSA) is 27.7 Å². The average Bonchev–Trinajstić information content (AvgIpc) is 1.95. The first kappa shape index (κ1) is 10.1. The SMILES string of the molecule is Cc1cc[n+](CC#N)cc1.[Br-]. The van der Waals surface area contributed by atoms with E-state index in [-0.39, 0.29) is 17.0 Å². The van der Waals surface area contributed by atoms with Gasteiger partial charge in [0.1, 0.15) is 6.07 Å². The minimum Gasteiger partial charge on any atom is -1.00 e. The molecule has 58 valence electrons. The number of nitriles is 1. The number of halogens is 1. The van der Waals surface area contributed by atoms with Gasteiger partial charge in [-0.15, -0.1) is 0 Å². The van der Waals surface area contributed by atoms with Crippen LogP contribution in [0.5, 0.6) is 0 Å². The molecule has 0 aliphatic carbocycles. The number of nitrogens with zero attached hydrogens (tertiary/aromatic N) is 2. The van der Waals surface area contributed by atoms with Crippen molar-refractivity contribution >= 4 is 0 Å². The molecule has 0 saturated carbocycles. The fourth-order valence-electron chi connectivity index (χ4n) is 0.719. The zero-order valence-electron chi connectivity index (χ0n) is 6.29. The normalized spacial score (nSPS) is 8.00. The zero-order valence-corrected chi connectivity index (χ0v) is 7.87. The molecule has 0 atom stereocenters. The van der Waals surface area contributed by atoms with Crippen LogP contribution < -0.4 is 21.5 Å². The highest BCUT2D eigenvalue weighted by Crippen LogP contribution is 1.88. The molecule has 0 saturated heterocycles. The van der Waals surface area contributed by atoms with Crippen molar-refractivity contribution in [2.75, 3.05) is 0 Å². The highest BCUT2D eigenvalue weighted by Gasteiger charge is 1.94. The number of rotatable bonds is 1. The third-order valence-electron chi connectivity index (χ3n) is 1.31. The van der Waals surface area contributed by atoms with Crippen molar-refractivity contribution in [2.45, 2.75) is 13.5 Å². The van der Waals surface area contributed by atoms with Crippen LogP contribution in [-0.2, 0) is 6.54 Å². The third-order valence-corrected chi connectivity index (χ3v) is 1.31. The lowest BCUT2D eigenvalue weighted by atomic mass is 10.3. The van der Waals surface area contributed by atoms with E-state index in [0.29, 0.717) is 6.54 Å². The van der Waals surface area contributed by atoms with E-state index in [4.69, 9.17) is 5.26 Å². The number of hydrogen-bond acceptors (Lipinski definition) is 1. The lowest BCUT2D eigenvalue weighted by molar-refractivity contribution is -0.685. The average molecular weight is 213 g/mol. The first-order chi connectivity index (χ1) is 4.83. The summed E-state index contributed by atoms with van der Waals surface area (Å²) in [4.78, 5) is 0. The van der Waals surface area contributed by atoms with Gasteiger partial charge in [-0.2, -0.15) is 9.83 Å². The molecule has 1 aromatic rings. The van der Waals surface area contributed by atoms with Gasteiger partial charge in [0.25, 0.3) is 0 Å². The molecule has 0 spiro atoms. The lowest BCUT2D eigenvalue weighted by Crippen LogP contribution is -3.00. The van der Waals surface area contributed by atoms with Gasteiger partial charge < -0.3 is 17.0 Å². The molecule has 0 aliphatic heterocycles. The smallest absolute Gasteiger partial charge is 0.233 e. The molecule has 2 nitrogen and oxygen atoms in total. The van der Waals surface area contributed by atoms with E-state index in [1.165, 1.54) is 5.56 Å². The van der Waals surface area contributed by atoms with Crippen LogP contribution in [-0.4, -0.2) is 0 Å². The first-order valence-corrected chi connectivity index (χ1v) is 3.15. The largest absolute Gasteiger partial charge is 1.00 e. The van der Waals surface area contributed by atoms with Crippen LogP contribution in [0.1, 0.15) is 5.56 Å². The Kier molecular flexibility index (Phi) is 4.47. The van der Waals surface area contributed by atoms with Crippen molar-refractivity contribution in [1.82, 2.24) is 0 Å². The Morgan fingerprint density at radius 1 is 1.45 bits per heavy atom. The van der Waals surface area contributed by atoms with E-state index < -0.39 is 0 Å². The van der Waals surface area contributed by atoms with Crippen LogP contribution in [0.3, 0.4) is 0 Å². The highest BCUT2D eigenvalue weighted by molar-refractivity contribution is 5.03. The monoisotopic (exact) mass is 212 g/mol. The molecule has 0 unspecified atom stereocenters. The predicted octanol–water partition coefficient (Wildman–Crippen LogP) is -2.19. The minimum atomic E-state index is 0. The Morgan fingerprint density at radius 3 is 2.45 bits per heavy atom. The summed E-state index contributed by atoms with van der Waals surface area (Å²) < 4.78 is 1.84. The third kappa shape index (κ3) is 3.15. The van der Waals surface area contributed by atoms with E-state index in [0.717, 1.165) is 0 Å². The van der Waals surface area contributed by atoms with Crippen molar-refractivity contribution in [3.63, 3.8) is 0 Å². The summed E-state index contributed by atoms with van der Waals surface area (Å²) in [6, 6.07) is 6.03. The number of aryl methyl sites for hydroxylation is 1. The Bertz CT molecular complexity index is 248. The van der Waals surface area contributed by atoms with Crippen molar-refractivity contribution in [1.29, 1.82) is 5.26 Å². The van der Waals surface area contributed by atoms with Crippen LogP contribution in [0.25, 0.3) is 0 Å².